The van der Waals surface area contributed by atoms with Crippen LogP contribution in [0.2, 0.25) is 10.0 Å². The van der Waals surface area contributed by atoms with Gasteiger partial charge in [0.15, 0.2) is 0 Å². The predicted octanol–water partition coefficient (Wildman–Crippen LogP) is 4.97. The topological polar surface area (TPSA) is 58.3 Å². The van der Waals surface area contributed by atoms with Crippen LogP contribution in [0.1, 0.15) is 31.4 Å². The van der Waals surface area contributed by atoms with Crippen molar-refractivity contribution in [2.75, 3.05) is 0 Å². The fourth-order valence-corrected chi connectivity index (χ4v) is 3.80. The number of benzene rings is 2. The normalized spacial score (nSPS) is 22.7. The lowest BCUT2D eigenvalue weighted by Crippen LogP contribution is -2.33. The first-order valence-electron chi connectivity index (χ1n) is 8.97. The zero-order valence-corrected chi connectivity index (χ0v) is 16.2. The van der Waals surface area contributed by atoms with Gasteiger partial charge >= 0.3 is 0 Å². The van der Waals surface area contributed by atoms with Crippen LogP contribution in [0.25, 0.3) is 16.9 Å². The molecule has 0 atom stereocenters. The third-order valence-electron chi connectivity index (χ3n) is 5.18. The number of halogens is 2. The maximum absolute atomic E-state index is 11.2. The third-order valence-corrected chi connectivity index (χ3v) is 5.68. The highest BCUT2D eigenvalue weighted by Gasteiger charge is 2.37. The first-order chi connectivity index (χ1) is 12.9. The van der Waals surface area contributed by atoms with Gasteiger partial charge in [0.25, 0.3) is 0 Å². The summed E-state index contributed by atoms with van der Waals surface area (Å²) in [5.74, 6) is 0. The molecule has 4 rings (SSSR count). The van der Waals surface area contributed by atoms with Crippen LogP contribution in [0.3, 0.4) is 0 Å². The minimum Gasteiger partial charge on any atom is -0.393 e. The third kappa shape index (κ3) is 3.76. The number of aromatic nitrogens is 2. The number of rotatable bonds is 3. The molecule has 2 aromatic carbocycles. The van der Waals surface area contributed by atoms with Crippen molar-refractivity contribution in [1.29, 1.82) is 0 Å². The summed E-state index contributed by atoms with van der Waals surface area (Å²) >= 11 is 12.1. The van der Waals surface area contributed by atoms with Crippen molar-refractivity contribution in [1.82, 2.24) is 9.78 Å². The summed E-state index contributed by atoms with van der Waals surface area (Å²) in [6.45, 7) is 0. The predicted molar refractivity (Wildman–Crippen MR) is 107 cm³/mol. The van der Waals surface area contributed by atoms with Gasteiger partial charge in [-0.3, -0.25) is 0 Å². The van der Waals surface area contributed by atoms with Crippen LogP contribution in [-0.2, 0) is 5.60 Å². The van der Waals surface area contributed by atoms with Gasteiger partial charge in [-0.2, -0.15) is 5.10 Å². The second-order valence-corrected chi connectivity index (χ2v) is 7.95. The van der Waals surface area contributed by atoms with Crippen LogP contribution in [-0.4, -0.2) is 26.1 Å². The summed E-state index contributed by atoms with van der Waals surface area (Å²) in [5.41, 5.74) is 2.26. The van der Waals surface area contributed by atoms with E-state index in [0.717, 1.165) is 16.9 Å². The van der Waals surface area contributed by atoms with Gasteiger partial charge < -0.3 is 10.2 Å². The molecule has 0 unspecified atom stereocenters. The van der Waals surface area contributed by atoms with E-state index >= 15 is 0 Å². The van der Waals surface area contributed by atoms with Gasteiger partial charge in [0.2, 0.25) is 0 Å². The van der Waals surface area contributed by atoms with Crippen molar-refractivity contribution in [3.8, 4) is 16.9 Å². The smallest absolute Gasteiger partial charge is 0.109 e. The zero-order chi connectivity index (χ0) is 19.0. The van der Waals surface area contributed by atoms with Crippen molar-refractivity contribution in [2.24, 2.45) is 0 Å². The summed E-state index contributed by atoms with van der Waals surface area (Å²) in [5, 5.41) is 27.0. The Morgan fingerprint density at radius 1 is 0.926 bits per heavy atom. The van der Waals surface area contributed by atoms with Crippen LogP contribution < -0.4 is 0 Å². The van der Waals surface area contributed by atoms with Gasteiger partial charge in [-0.05, 0) is 68.1 Å². The molecule has 1 heterocycles. The van der Waals surface area contributed by atoms with E-state index in [-0.39, 0.29) is 6.10 Å². The Hall–Kier alpha value is -1.85. The lowest BCUT2D eigenvalue weighted by molar-refractivity contribution is -0.0393. The molecule has 140 valence electrons. The van der Waals surface area contributed by atoms with Gasteiger partial charge in [0.05, 0.1) is 23.2 Å². The molecule has 0 spiro atoms. The highest BCUT2D eigenvalue weighted by atomic mass is 35.5. The van der Waals surface area contributed by atoms with Crippen molar-refractivity contribution < 1.29 is 10.2 Å². The quantitative estimate of drug-likeness (QED) is 0.649. The molecular formula is C21H20Cl2N2O2. The highest BCUT2D eigenvalue weighted by molar-refractivity contribution is 6.30. The van der Waals surface area contributed by atoms with Crippen LogP contribution in [0.5, 0.6) is 0 Å². The Labute approximate surface area is 168 Å². The molecule has 1 saturated carbocycles. The van der Waals surface area contributed by atoms with E-state index in [1.807, 2.05) is 59.3 Å². The number of hydrogen-bond acceptors (Lipinski definition) is 3. The van der Waals surface area contributed by atoms with Crippen LogP contribution in [0, 0.1) is 0 Å². The van der Waals surface area contributed by atoms with E-state index in [9.17, 15) is 10.2 Å². The zero-order valence-electron chi connectivity index (χ0n) is 14.6. The standard InChI is InChI=1S/C21H20Cl2N2O2/c22-15-3-1-14(2-4-15)19-13-20(21(27)11-9-18(26)10-12-21)24-25(19)17-7-5-16(23)6-8-17/h1-8,13,18,26-27H,9-12H2. The van der Waals surface area contributed by atoms with Crippen molar-refractivity contribution in [3.05, 3.63) is 70.3 Å². The highest BCUT2D eigenvalue weighted by Crippen LogP contribution is 2.38. The Balaban J connectivity index is 1.82. The largest absolute Gasteiger partial charge is 0.393 e. The molecule has 1 aliphatic carbocycles. The molecule has 4 nitrogen and oxygen atoms in total. The number of aliphatic hydroxyl groups is 2. The van der Waals surface area contributed by atoms with Crippen molar-refractivity contribution in [2.45, 2.75) is 37.4 Å². The molecule has 0 saturated heterocycles. The monoisotopic (exact) mass is 402 g/mol. The maximum atomic E-state index is 11.2. The fraction of sp³-hybridized carbons (Fsp3) is 0.286. The minimum absolute atomic E-state index is 0.348. The Kier molecular flexibility index (Phi) is 4.99. The van der Waals surface area contributed by atoms with Crippen LogP contribution >= 0.6 is 23.2 Å². The number of aliphatic hydroxyl groups excluding tert-OH is 1. The van der Waals surface area contributed by atoms with E-state index in [0.29, 0.717) is 41.4 Å². The van der Waals surface area contributed by atoms with Crippen LogP contribution in [0.4, 0.5) is 0 Å². The molecule has 0 aliphatic heterocycles. The second kappa shape index (κ2) is 7.28. The molecular weight excluding hydrogens is 383 g/mol. The van der Waals surface area contributed by atoms with Gasteiger partial charge in [-0.25, -0.2) is 4.68 Å². The molecule has 6 heteroatoms. The van der Waals surface area contributed by atoms with Gasteiger partial charge in [0, 0.05) is 15.6 Å². The average molecular weight is 403 g/mol. The van der Waals surface area contributed by atoms with Crippen molar-refractivity contribution >= 4 is 23.2 Å². The van der Waals surface area contributed by atoms with E-state index in [1.54, 1.807) is 0 Å². The lowest BCUT2D eigenvalue weighted by atomic mass is 9.81. The summed E-state index contributed by atoms with van der Waals surface area (Å²) < 4.78 is 1.82. The molecule has 27 heavy (non-hydrogen) atoms. The molecule has 3 aromatic rings. The van der Waals surface area contributed by atoms with E-state index in [2.05, 4.69) is 0 Å². The molecule has 1 aliphatic rings. The molecule has 2 N–H and O–H groups in total. The Bertz CT molecular complexity index is 865. The Morgan fingerprint density at radius 2 is 1.48 bits per heavy atom. The van der Waals surface area contributed by atoms with Gasteiger partial charge in [-0.15, -0.1) is 0 Å². The molecule has 0 amide bonds. The average Bonchev–Trinajstić information content (AvgIpc) is 3.12. The van der Waals surface area contributed by atoms with E-state index < -0.39 is 5.60 Å². The Morgan fingerprint density at radius 3 is 2.07 bits per heavy atom. The minimum atomic E-state index is -1.03. The fourth-order valence-electron chi connectivity index (χ4n) is 3.55. The summed E-state index contributed by atoms with van der Waals surface area (Å²) in [7, 11) is 0. The van der Waals surface area contributed by atoms with E-state index in [4.69, 9.17) is 28.3 Å². The number of hydrogen-bond donors (Lipinski definition) is 2. The molecule has 0 bridgehead atoms. The SMILES string of the molecule is OC1CCC(O)(c2cc(-c3ccc(Cl)cc3)n(-c3ccc(Cl)cc3)n2)CC1. The second-order valence-electron chi connectivity index (χ2n) is 7.07. The first kappa shape index (κ1) is 18.5. The molecule has 1 fully saturated rings. The van der Waals surface area contributed by atoms with Crippen LogP contribution in [0.15, 0.2) is 54.6 Å². The first-order valence-corrected chi connectivity index (χ1v) is 9.73. The summed E-state index contributed by atoms with van der Waals surface area (Å²) in [6.07, 6.45) is 1.78. The van der Waals surface area contributed by atoms with Gasteiger partial charge in [0.1, 0.15) is 5.60 Å². The van der Waals surface area contributed by atoms with E-state index in [1.165, 1.54) is 0 Å². The summed E-state index contributed by atoms with van der Waals surface area (Å²) in [4.78, 5) is 0. The maximum Gasteiger partial charge on any atom is 0.109 e. The number of nitrogens with zero attached hydrogens (tertiary/aromatic N) is 2. The lowest BCUT2D eigenvalue weighted by Gasteiger charge is -2.32. The van der Waals surface area contributed by atoms with Gasteiger partial charge in [-0.1, -0.05) is 35.3 Å². The molecule has 1 aromatic heterocycles. The molecule has 0 radical (unpaired) electrons. The summed E-state index contributed by atoms with van der Waals surface area (Å²) in [6, 6.07) is 16.9. The van der Waals surface area contributed by atoms with Crippen molar-refractivity contribution in [3.63, 3.8) is 0 Å².